The molecule has 0 atom stereocenters. The Morgan fingerprint density at radius 3 is 2.33 bits per heavy atom. The van der Waals surface area contributed by atoms with Gasteiger partial charge in [0.15, 0.2) is 0 Å². The molecule has 0 radical (unpaired) electrons. The van der Waals surface area contributed by atoms with Gasteiger partial charge < -0.3 is 9.79 Å². The molecule has 0 aromatic heterocycles. The number of benzene rings is 1. The topological polar surface area (TPSA) is 57.5 Å². The molecule has 0 spiro atoms. The van der Waals surface area contributed by atoms with Crippen LogP contribution in [0.25, 0.3) is 0 Å². The van der Waals surface area contributed by atoms with E-state index in [2.05, 4.69) is 0 Å². The van der Waals surface area contributed by atoms with E-state index in [1.165, 1.54) is 0 Å². The van der Waals surface area contributed by atoms with Crippen LogP contribution in [0.2, 0.25) is 0 Å². The van der Waals surface area contributed by atoms with Crippen LogP contribution in [-0.4, -0.2) is 15.3 Å². The quantitative estimate of drug-likeness (QED) is 0.708. The molecule has 0 heterocycles. The highest BCUT2D eigenvalue weighted by atomic mass is 31.2. The second-order valence-corrected chi connectivity index (χ2v) is 5.05. The molecular weight excluding hydrogens is 194 g/mol. The Kier molecular flexibility index (Phi) is 3.19. The fraction of sp³-hybridized carbons (Fsp3) is 0. The van der Waals surface area contributed by atoms with Crippen LogP contribution < -0.4 is 5.30 Å². The lowest BCUT2D eigenvalue weighted by Crippen LogP contribution is -1.88. The van der Waals surface area contributed by atoms with Gasteiger partial charge in [0, 0.05) is 5.30 Å². The first-order valence-electron chi connectivity index (χ1n) is 3.23. The van der Waals surface area contributed by atoms with Crippen molar-refractivity contribution < 1.29 is 14.4 Å². The molecule has 1 aromatic carbocycles. The van der Waals surface area contributed by atoms with Gasteiger partial charge in [-0.1, -0.05) is 38.5 Å². The van der Waals surface area contributed by atoms with Crippen LogP contribution >= 0.6 is 15.8 Å². The van der Waals surface area contributed by atoms with Gasteiger partial charge in [0.1, 0.15) is 0 Å². The van der Waals surface area contributed by atoms with E-state index in [1.807, 2.05) is 30.3 Å². The Morgan fingerprint density at radius 1 is 1.25 bits per heavy atom. The summed E-state index contributed by atoms with van der Waals surface area (Å²) in [6, 6.07) is 9.14. The van der Waals surface area contributed by atoms with Gasteiger partial charge in [-0.3, -0.25) is 4.57 Å². The second-order valence-electron chi connectivity index (χ2n) is 2.17. The van der Waals surface area contributed by atoms with Crippen molar-refractivity contribution in [2.45, 2.75) is 0 Å². The lowest BCUT2D eigenvalue weighted by molar-refractivity contribution is 0.393. The third-order valence-corrected chi connectivity index (χ3v) is 3.37. The van der Waals surface area contributed by atoms with E-state index in [-0.39, 0.29) is 0 Å². The fourth-order valence-electron chi connectivity index (χ4n) is 0.656. The zero-order chi connectivity index (χ0) is 9.03. The summed E-state index contributed by atoms with van der Waals surface area (Å²) in [4.78, 5) is 17.1. The highest BCUT2D eigenvalue weighted by molar-refractivity contribution is 7.80. The minimum atomic E-state index is -3.97. The van der Waals surface area contributed by atoms with Crippen LogP contribution in [0.4, 0.5) is 0 Å². The smallest absolute Gasteiger partial charge is 0.321 e. The third kappa shape index (κ3) is 3.80. The van der Waals surface area contributed by atoms with E-state index in [0.717, 1.165) is 10.8 Å². The van der Waals surface area contributed by atoms with Crippen LogP contribution in [0.3, 0.4) is 0 Å². The zero-order valence-corrected chi connectivity index (χ0v) is 7.95. The Labute approximate surface area is 72.0 Å². The molecule has 3 nitrogen and oxygen atoms in total. The van der Waals surface area contributed by atoms with Gasteiger partial charge in [0.05, 0.1) is 5.54 Å². The van der Waals surface area contributed by atoms with Crippen molar-refractivity contribution in [3.05, 3.63) is 30.3 Å². The lowest BCUT2D eigenvalue weighted by Gasteiger charge is -1.93. The number of rotatable bonds is 2. The van der Waals surface area contributed by atoms with Gasteiger partial charge in [0.2, 0.25) is 0 Å². The van der Waals surface area contributed by atoms with Crippen molar-refractivity contribution >= 4 is 26.6 Å². The van der Waals surface area contributed by atoms with Gasteiger partial charge in [0.25, 0.3) is 0 Å². The van der Waals surface area contributed by atoms with Gasteiger partial charge in [-0.05, 0) is 0 Å². The highest BCUT2D eigenvalue weighted by Gasteiger charge is 2.05. The van der Waals surface area contributed by atoms with Gasteiger partial charge in [-0.25, -0.2) is 0 Å². The molecule has 0 aliphatic heterocycles. The van der Waals surface area contributed by atoms with Crippen LogP contribution in [0.15, 0.2) is 30.3 Å². The molecule has 12 heavy (non-hydrogen) atoms. The standard InChI is InChI=1S/C7H8O3P2/c8-12(9,10)6-11-7-4-2-1-3-5-7/h1-6H,(H2,8,9,10). The average molecular weight is 202 g/mol. The summed E-state index contributed by atoms with van der Waals surface area (Å²) in [7, 11) is -3.42. The summed E-state index contributed by atoms with van der Waals surface area (Å²) < 4.78 is 10.4. The molecule has 1 aromatic rings. The van der Waals surface area contributed by atoms with Gasteiger partial charge in [-0.2, -0.15) is 0 Å². The molecule has 64 valence electrons. The maximum Gasteiger partial charge on any atom is 0.353 e. The van der Waals surface area contributed by atoms with E-state index >= 15 is 0 Å². The number of hydrogen-bond donors (Lipinski definition) is 2. The van der Waals surface area contributed by atoms with Crippen molar-refractivity contribution in [1.82, 2.24) is 0 Å². The molecule has 0 saturated carbocycles. The maximum atomic E-state index is 10.4. The summed E-state index contributed by atoms with van der Waals surface area (Å²) in [6.07, 6.45) is 0. The first-order chi connectivity index (χ1) is 5.58. The van der Waals surface area contributed by atoms with Crippen molar-refractivity contribution in [2.75, 3.05) is 0 Å². The van der Waals surface area contributed by atoms with Crippen molar-refractivity contribution in [1.29, 1.82) is 0 Å². The molecular formula is C7H8O3P2. The third-order valence-electron chi connectivity index (χ3n) is 1.11. The highest BCUT2D eigenvalue weighted by Crippen LogP contribution is 2.32. The number of hydrogen-bond acceptors (Lipinski definition) is 1. The van der Waals surface area contributed by atoms with E-state index in [9.17, 15) is 4.57 Å². The van der Waals surface area contributed by atoms with Crippen molar-refractivity contribution in [2.24, 2.45) is 0 Å². The first kappa shape index (κ1) is 9.63. The first-order valence-corrected chi connectivity index (χ1v) is 5.88. The van der Waals surface area contributed by atoms with E-state index in [4.69, 9.17) is 9.79 Å². The SMILES string of the molecule is O=P(O)(O)/C=P/c1ccccc1. The average Bonchev–Trinajstić information content (AvgIpc) is 2.02. The Hall–Kier alpha value is -0.460. The normalized spacial score (nSPS) is 12.2. The summed E-state index contributed by atoms with van der Waals surface area (Å²) in [5.41, 5.74) is 0.988. The molecule has 0 fully saturated rings. The monoisotopic (exact) mass is 202 g/mol. The Bertz CT molecular complexity index is 315. The van der Waals surface area contributed by atoms with Crippen LogP contribution in [-0.2, 0) is 4.57 Å². The fourth-order valence-corrected chi connectivity index (χ4v) is 2.14. The van der Waals surface area contributed by atoms with Crippen LogP contribution in [0.1, 0.15) is 0 Å². The van der Waals surface area contributed by atoms with E-state index < -0.39 is 7.60 Å². The van der Waals surface area contributed by atoms with Crippen LogP contribution in [0.5, 0.6) is 0 Å². The Balaban J connectivity index is 2.78. The second kappa shape index (κ2) is 3.97. The minimum Gasteiger partial charge on any atom is -0.321 e. The van der Waals surface area contributed by atoms with E-state index in [0.29, 0.717) is 8.20 Å². The minimum absolute atomic E-state index is 0.554. The van der Waals surface area contributed by atoms with Crippen molar-refractivity contribution in [3.8, 4) is 0 Å². The molecule has 0 aliphatic rings. The molecule has 0 saturated heterocycles. The summed E-state index contributed by atoms with van der Waals surface area (Å²) >= 11 is 0. The molecule has 2 N–H and O–H groups in total. The predicted molar refractivity (Wildman–Crippen MR) is 51.1 cm³/mol. The largest absolute Gasteiger partial charge is 0.353 e. The zero-order valence-electron chi connectivity index (χ0n) is 6.16. The molecule has 0 aliphatic carbocycles. The summed E-state index contributed by atoms with van der Waals surface area (Å²) in [5, 5.41) is 0.876. The predicted octanol–water partition coefficient (Wildman–Crippen LogP) is 1.20. The maximum absolute atomic E-state index is 10.4. The molecule has 1 rings (SSSR count). The molecule has 0 unspecified atom stereocenters. The Morgan fingerprint density at radius 2 is 1.83 bits per heavy atom. The van der Waals surface area contributed by atoms with Crippen molar-refractivity contribution in [3.63, 3.8) is 0 Å². The van der Waals surface area contributed by atoms with Gasteiger partial charge >= 0.3 is 7.60 Å². The van der Waals surface area contributed by atoms with E-state index in [1.54, 1.807) is 0 Å². The van der Waals surface area contributed by atoms with Gasteiger partial charge in [-0.15, -0.1) is 0 Å². The summed E-state index contributed by atoms with van der Waals surface area (Å²) in [5.74, 6) is 0. The summed E-state index contributed by atoms with van der Waals surface area (Å²) in [6.45, 7) is 0. The lowest BCUT2D eigenvalue weighted by atomic mass is 10.4. The molecule has 5 heteroatoms. The van der Waals surface area contributed by atoms with Crippen LogP contribution in [0, 0.1) is 0 Å². The molecule has 0 amide bonds. The molecule has 0 bridgehead atoms.